The molecule has 0 radical (unpaired) electrons. The molecule has 0 spiro atoms. The summed E-state index contributed by atoms with van der Waals surface area (Å²) in [4.78, 5) is 11.0. The molecule has 0 aromatic heterocycles. The van der Waals surface area contributed by atoms with Crippen molar-refractivity contribution in [1.29, 1.82) is 0 Å². The number of hydrogen-bond acceptors (Lipinski definition) is 6. The maximum atomic E-state index is 11.0. The van der Waals surface area contributed by atoms with Crippen molar-refractivity contribution in [2.24, 2.45) is 0 Å². The zero-order chi connectivity index (χ0) is 37.4. The van der Waals surface area contributed by atoms with Gasteiger partial charge in [-0.15, -0.1) is 0 Å². The Balaban J connectivity index is 1.24. The second-order valence-corrected chi connectivity index (χ2v) is 14.6. The number of carboxylic acid groups (broad SMARTS) is 1. The fraction of sp³-hybridized carbons (Fsp3) is 0.340. The molecule has 54 heavy (non-hydrogen) atoms. The van der Waals surface area contributed by atoms with Gasteiger partial charge in [0.1, 0.15) is 23.9 Å². The standard InChI is InChI=1S/C47H50O7/c1-3-46-33-53-47(54-46,41-27-22-34(2)40(29-41)28-36-25-23-35(24-26-36)20-13-21-42(48)49)45(52-32-39-18-11-6-12-19-39)43(50-30-37-14-7-4-8-15-37)44(46)51-31-38-16-9-5-10-17-38/h4-12,14-19,22-27,29,43-45H,3,13,20-21,28,30-33H2,1-2H3,(H,48,49)/t43-,44-,45+,46-,47-/m0/s1. The highest BCUT2D eigenvalue weighted by atomic mass is 16.8. The maximum absolute atomic E-state index is 11.0. The third kappa shape index (κ3) is 8.51. The van der Waals surface area contributed by atoms with Gasteiger partial charge < -0.3 is 28.8 Å². The molecule has 280 valence electrons. The average molecular weight is 727 g/mol. The van der Waals surface area contributed by atoms with Crippen LogP contribution in [0.3, 0.4) is 0 Å². The first-order valence-corrected chi connectivity index (χ1v) is 19.1. The second kappa shape index (κ2) is 17.2. The van der Waals surface area contributed by atoms with Gasteiger partial charge in [-0.05, 0) is 77.6 Å². The summed E-state index contributed by atoms with van der Waals surface area (Å²) in [5, 5.41) is 9.04. The van der Waals surface area contributed by atoms with Gasteiger partial charge in [0.05, 0.1) is 26.4 Å². The van der Waals surface area contributed by atoms with Crippen molar-refractivity contribution in [2.45, 2.75) is 95.5 Å². The summed E-state index contributed by atoms with van der Waals surface area (Å²) in [5.74, 6) is -2.02. The largest absolute Gasteiger partial charge is 0.481 e. The number of carbonyl (C=O) groups is 1. The highest BCUT2D eigenvalue weighted by Crippen LogP contribution is 2.54. The second-order valence-electron chi connectivity index (χ2n) is 14.6. The molecular formula is C47H50O7. The van der Waals surface area contributed by atoms with E-state index < -0.39 is 35.7 Å². The van der Waals surface area contributed by atoms with E-state index in [0.29, 0.717) is 39.3 Å². The number of carboxylic acids is 1. The summed E-state index contributed by atoms with van der Waals surface area (Å²) in [6.07, 6.45) is 1.22. The van der Waals surface area contributed by atoms with Gasteiger partial charge in [-0.1, -0.05) is 134 Å². The number of aryl methyl sites for hydroxylation is 2. The molecule has 2 bridgehead atoms. The number of hydrogen-bond donors (Lipinski definition) is 1. The van der Waals surface area contributed by atoms with Gasteiger partial charge in [0.25, 0.3) is 0 Å². The van der Waals surface area contributed by atoms with Crippen LogP contribution < -0.4 is 0 Å². The first-order chi connectivity index (χ1) is 26.4. The average Bonchev–Trinajstić information content (AvgIpc) is 3.56. The van der Waals surface area contributed by atoms with Gasteiger partial charge in [-0.2, -0.15) is 0 Å². The Labute approximate surface area is 318 Å². The minimum atomic E-state index is -1.25. The number of rotatable bonds is 17. The van der Waals surface area contributed by atoms with E-state index in [0.717, 1.165) is 46.2 Å². The predicted molar refractivity (Wildman–Crippen MR) is 208 cm³/mol. The zero-order valence-corrected chi connectivity index (χ0v) is 31.2. The molecule has 2 aliphatic heterocycles. The van der Waals surface area contributed by atoms with Crippen LogP contribution in [0.2, 0.25) is 0 Å². The van der Waals surface area contributed by atoms with Crippen LogP contribution in [-0.2, 0) is 66.9 Å². The van der Waals surface area contributed by atoms with Gasteiger partial charge in [0.15, 0.2) is 0 Å². The molecule has 2 aliphatic rings. The molecule has 0 amide bonds. The maximum Gasteiger partial charge on any atom is 0.303 e. The number of aliphatic carboxylic acids is 1. The molecule has 2 saturated heterocycles. The van der Waals surface area contributed by atoms with Crippen molar-refractivity contribution >= 4 is 5.97 Å². The lowest BCUT2D eigenvalue weighted by Crippen LogP contribution is -2.66. The van der Waals surface area contributed by atoms with Crippen molar-refractivity contribution < 1.29 is 33.6 Å². The molecule has 5 atom stereocenters. The molecule has 2 fully saturated rings. The van der Waals surface area contributed by atoms with Crippen LogP contribution in [0.5, 0.6) is 0 Å². The molecule has 0 aliphatic carbocycles. The fourth-order valence-electron chi connectivity index (χ4n) is 7.71. The summed E-state index contributed by atoms with van der Waals surface area (Å²) in [5.41, 5.74) is 7.90. The lowest BCUT2D eigenvalue weighted by Gasteiger charge is -2.51. The Morgan fingerprint density at radius 2 is 1.26 bits per heavy atom. The van der Waals surface area contributed by atoms with Crippen molar-refractivity contribution in [3.8, 4) is 0 Å². The van der Waals surface area contributed by atoms with Crippen LogP contribution in [0.1, 0.15) is 70.7 Å². The lowest BCUT2D eigenvalue weighted by molar-refractivity contribution is -0.350. The summed E-state index contributed by atoms with van der Waals surface area (Å²) >= 11 is 0. The smallest absolute Gasteiger partial charge is 0.303 e. The van der Waals surface area contributed by atoms with Gasteiger partial charge in [0.2, 0.25) is 5.79 Å². The Morgan fingerprint density at radius 1 is 0.704 bits per heavy atom. The molecule has 7 rings (SSSR count). The Hall–Kier alpha value is -4.63. The number of fused-ring (bicyclic) bond motifs is 2. The molecule has 1 N–H and O–H groups in total. The van der Waals surface area contributed by atoms with E-state index in [1.807, 2.05) is 54.6 Å². The van der Waals surface area contributed by atoms with E-state index in [-0.39, 0.29) is 6.42 Å². The van der Waals surface area contributed by atoms with Crippen LogP contribution >= 0.6 is 0 Å². The first-order valence-electron chi connectivity index (χ1n) is 19.1. The SMILES string of the molecule is CC[C@@]12CO[C@@](c3ccc(C)c(Cc4ccc(CCCC(=O)O)cc4)c3)(O1)[C@H](OCc1ccccc1)[C@@H](OCc1ccccc1)[C@@H]2OCc1ccccc1. The van der Waals surface area contributed by atoms with Crippen molar-refractivity contribution in [2.75, 3.05) is 6.61 Å². The van der Waals surface area contributed by atoms with E-state index in [1.54, 1.807) is 0 Å². The number of benzene rings is 5. The van der Waals surface area contributed by atoms with Crippen LogP contribution in [0.15, 0.2) is 133 Å². The summed E-state index contributed by atoms with van der Waals surface area (Å²) < 4.78 is 35.1. The van der Waals surface area contributed by atoms with E-state index in [2.05, 4.69) is 92.7 Å². The molecule has 7 nitrogen and oxygen atoms in total. The highest BCUT2D eigenvalue weighted by molar-refractivity contribution is 5.66. The molecule has 7 heteroatoms. The fourth-order valence-corrected chi connectivity index (χ4v) is 7.71. The number of ether oxygens (including phenoxy) is 5. The Morgan fingerprint density at radius 3 is 1.83 bits per heavy atom. The predicted octanol–water partition coefficient (Wildman–Crippen LogP) is 9.11. The van der Waals surface area contributed by atoms with Crippen LogP contribution in [0.25, 0.3) is 0 Å². The molecule has 0 saturated carbocycles. The third-order valence-corrected chi connectivity index (χ3v) is 10.8. The van der Waals surface area contributed by atoms with E-state index >= 15 is 0 Å². The first kappa shape index (κ1) is 37.7. The van der Waals surface area contributed by atoms with Crippen LogP contribution in [0.4, 0.5) is 0 Å². The van der Waals surface area contributed by atoms with Crippen molar-refractivity contribution in [1.82, 2.24) is 0 Å². The highest BCUT2D eigenvalue weighted by Gasteiger charge is 2.68. The summed E-state index contributed by atoms with van der Waals surface area (Å²) in [6, 6.07) is 45.5. The normalized spacial score (nSPS) is 23.3. The molecule has 5 aromatic carbocycles. The van der Waals surface area contributed by atoms with E-state index in [9.17, 15) is 4.79 Å². The van der Waals surface area contributed by atoms with E-state index in [4.69, 9.17) is 28.8 Å². The van der Waals surface area contributed by atoms with Crippen LogP contribution in [-0.4, -0.2) is 41.6 Å². The molecular weight excluding hydrogens is 677 g/mol. The van der Waals surface area contributed by atoms with Crippen molar-refractivity contribution in [3.05, 3.63) is 178 Å². The molecule has 2 heterocycles. The van der Waals surface area contributed by atoms with Gasteiger partial charge >= 0.3 is 5.97 Å². The summed E-state index contributed by atoms with van der Waals surface area (Å²) in [6.45, 7) is 5.70. The minimum absolute atomic E-state index is 0.174. The molecule has 5 aromatic rings. The summed E-state index contributed by atoms with van der Waals surface area (Å²) in [7, 11) is 0. The topological polar surface area (TPSA) is 83.5 Å². The Kier molecular flexibility index (Phi) is 12.0. The van der Waals surface area contributed by atoms with Crippen LogP contribution in [0, 0.1) is 6.92 Å². The third-order valence-electron chi connectivity index (χ3n) is 10.8. The zero-order valence-electron chi connectivity index (χ0n) is 31.2. The van der Waals surface area contributed by atoms with E-state index in [1.165, 1.54) is 11.1 Å². The lowest BCUT2D eigenvalue weighted by atomic mass is 9.81. The van der Waals surface area contributed by atoms with Gasteiger partial charge in [-0.3, -0.25) is 4.79 Å². The molecule has 0 unspecified atom stereocenters. The monoisotopic (exact) mass is 726 g/mol. The quantitative estimate of drug-likeness (QED) is 0.102. The van der Waals surface area contributed by atoms with Crippen molar-refractivity contribution in [3.63, 3.8) is 0 Å². The van der Waals surface area contributed by atoms with Gasteiger partial charge in [0, 0.05) is 12.0 Å². The minimum Gasteiger partial charge on any atom is -0.481 e. The Bertz CT molecular complexity index is 1950. The van der Waals surface area contributed by atoms with Gasteiger partial charge in [-0.25, -0.2) is 0 Å².